The van der Waals surface area contributed by atoms with Gasteiger partial charge in [0.1, 0.15) is 11.6 Å². The normalized spacial score (nSPS) is 11.0. The molecule has 0 fully saturated rings. The van der Waals surface area contributed by atoms with Crippen LogP contribution in [0.25, 0.3) is 6.08 Å². The molecule has 0 bridgehead atoms. The standard InChI is InChI=1S/C20H23N5O2/c1-4-8-25-13(2)9-15(14(25)3)10-16(12-21)19(26)23-17-6-5-7-18(11-17)24-20(22)27/h5-7,9-11H,4,8H2,1-3H3,(H,23,26)(H3,22,24,27)/b16-10+. The number of carbonyl (C=O) groups is 2. The van der Waals surface area contributed by atoms with Crippen molar-refractivity contribution in [1.82, 2.24) is 4.57 Å². The number of aromatic nitrogens is 1. The first-order valence-electron chi connectivity index (χ1n) is 8.62. The van der Waals surface area contributed by atoms with Crippen molar-refractivity contribution in [2.45, 2.75) is 33.7 Å². The molecule has 2 aromatic rings. The van der Waals surface area contributed by atoms with E-state index >= 15 is 0 Å². The monoisotopic (exact) mass is 365 g/mol. The lowest BCUT2D eigenvalue weighted by Gasteiger charge is -2.08. The Bertz CT molecular complexity index is 934. The van der Waals surface area contributed by atoms with E-state index < -0.39 is 11.9 Å². The molecule has 7 nitrogen and oxygen atoms in total. The maximum atomic E-state index is 12.5. The SMILES string of the molecule is CCCn1c(C)cc(/C=C(\C#N)C(=O)Nc2cccc(NC(N)=O)c2)c1C. The highest BCUT2D eigenvalue weighted by Crippen LogP contribution is 2.20. The predicted molar refractivity (Wildman–Crippen MR) is 106 cm³/mol. The molecule has 0 radical (unpaired) electrons. The summed E-state index contributed by atoms with van der Waals surface area (Å²) in [7, 11) is 0. The van der Waals surface area contributed by atoms with Gasteiger partial charge in [-0.2, -0.15) is 5.26 Å². The zero-order chi connectivity index (χ0) is 20.0. The smallest absolute Gasteiger partial charge is 0.316 e. The van der Waals surface area contributed by atoms with Crippen molar-refractivity contribution in [3.63, 3.8) is 0 Å². The summed E-state index contributed by atoms with van der Waals surface area (Å²) in [4.78, 5) is 23.4. The minimum atomic E-state index is -0.696. The summed E-state index contributed by atoms with van der Waals surface area (Å²) in [5.41, 5.74) is 8.93. The summed E-state index contributed by atoms with van der Waals surface area (Å²) in [6.07, 6.45) is 2.59. The first-order valence-corrected chi connectivity index (χ1v) is 8.62. The van der Waals surface area contributed by atoms with Crippen LogP contribution in [0.2, 0.25) is 0 Å². The van der Waals surface area contributed by atoms with E-state index in [9.17, 15) is 14.9 Å². The molecule has 1 heterocycles. The van der Waals surface area contributed by atoms with Gasteiger partial charge in [-0.25, -0.2) is 4.79 Å². The minimum Gasteiger partial charge on any atom is -0.351 e. The highest BCUT2D eigenvalue weighted by atomic mass is 16.2. The molecule has 7 heteroatoms. The molecule has 0 spiro atoms. The Morgan fingerprint density at radius 3 is 2.48 bits per heavy atom. The second-order valence-electron chi connectivity index (χ2n) is 6.17. The molecule has 27 heavy (non-hydrogen) atoms. The number of primary amides is 1. The van der Waals surface area contributed by atoms with E-state index in [1.54, 1.807) is 30.3 Å². The van der Waals surface area contributed by atoms with Crippen LogP contribution in [-0.2, 0) is 11.3 Å². The fraction of sp³-hybridized carbons (Fsp3) is 0.250. The van der Waals surface area contributed by atoms with Gasteiger partial charge in [-0.05, 0) is 56.2 Å². The number of aryl methyl sites for hydroxylation is 1. The highest BCUT2D eigenvalue weighted by Gasteiger charge is 2.13. The van der Waals surface area contributed by atoms with Gasteiger partial charge in [0.15, 0.2) is 0 Å². The molecule has 0 saturated carbocycles. The lowest BCUT2D eigenvalue weighted by molar-refractivity contribution is -0.112. The number of carbonyl (C=O) groups excluding carboxylic acids is 2. The Hall–Kier alpha value is -3.53. The number of nitrogens with zero attached hydrogens (tertiary/aromatic N) is 2. The second kappa shape index (κ2) is 8.72. The van der Waals surface area contributed by atoms with Gasteiger partial charge in [-0.1, -0.05) is 13.0 Å². The number of benzene rings is 1. The average molecular weight is 365 g/mol. The number of amides is 3. The molecular formula is C20H23N5O2. The zero-order valence-electron chi connectivity index (χ0n) is 15.7. The zero-order valence-corrected chi connectivity index (χ0v) is 15.7. The van der Waals surface area contributed by atoms with Crippen molar-refractivity contribution in [3.8, 4) is 6.07 Å². The topological polar surface area (TPSA) is 113 Å². The molecule has 0 aliphatic heterocycles. The lowest BCUT2D eigenvalue weighted by Crippen LogP contribution is -2.19. The molecule has 4 N–H and O–H groups in total. The van der Waals surface area contributed by atoms with Crippen molar-refractivity contribution in [2.75, 3.05) is 10.6 Å². The van der Waals surface area contributed by atoms with Gasteiger partial charge in [0.05, 0.1) is 0 Å². The summed E-state index contributed by atoms with van der Waals surface area (Å²) in [5, 5.41) is 14.5. The number of hydrogen-bond donors (Lipinski definition) is 3. The van der Waals surface area contributed by atoms with E-state index in [-0.39, 0.29) is 5.57 Å². The summed E-state index contributed by atoms with van der Waals surface area (Å²) in [5.74, 6) is -0.519. The van der Waals surface area contributed by atoms with Crippen molar-refractivity contribution < 1.29 is 9.59 Å². The van der Waals surface area contributed by atoms with Gasteiger partial charge in [-0.15, -0.1) is 0 Å². The van der Waals surface area contributed by atoms with E-state index in [0.29, 0.717) is 11.4 Å². The predicted octanol–water partition coefficient (Wildman–Crippen LogP) is 3.55. The van der Waals surface area contributed by atoms with Gasteiger partial charge in [0, 0.05) is 29.3 Å². The van der Waals surface area contributed by atoms with Crippen LogP contribution < -0.4 is 16.4 Å². The first kappa shape index (κ1) is 19.8. The van der Waals surface area contributed by atoms with Crippen LogP contribution in [0.4, 0.5) is 16.2 Å². The Kier molecular flexibility index (Phi) is 6.39. The summed E-state index contributed by atoms with van der Waals surface area (Å²) < 4.78 is 2.16. The number of urea groups is 1. The third-order valence-electron chi connectivity index (χ3n) is 4.11. The number of hydrogen-bond acceptors (Lipinski definition) is 3. The van der Waals surface area contributed by atoms with E-state index in [1.165, 1.54) is 0 Å². The van der Waals surface area contributed by atoms with Crippen LogP contribution in [-0.4, -0.2) is 16.5 Å². The molecule has 0 saturated heterocycles. The Morgan fingerprint density at radius 1 is 1.22 bits per heavy atom. The van der Waals surface area contributed by atoms with Crippen LogP contribution >= 0.6 is 0 Å². The Balaban J connectivity index is 2.24. The molecule has 0 unspecified atom stereocenters. The largest absolute Gasteiger partial charge is 0.351 e. The molecular weight excluding hydrogens is 342 g/mol. The quantitative estimate of drug-likeness (QED) is 0.537. The van der Waals surface area contributed by atoms with Gasteiger partial charge in [0.2, 0.25) is 0 Å². The maximum Gasteiger partial charge on any atom is 0.316 e. The van der Waals surface area contributed by atoms with E-state index in [1.807, 2.05) is 26.0 Å². The van der Waals surface area contributed by atoms with E-state index in [0.717, 1.165) is 29.9 Å². The third-order valence-corrected chi connectivity index (χ3v) is 4.11. The fourth-order valence-corrected chi connectivity index (χ4v) is 2.86. The molecule has 0 aliphatic rings. The van der Waals surface area contributed by atoms with Crippen molar-refractivity contribution in [3.05, 3.63) is 52.9 Å². The molecule has 0 atom stereocenters. The van der Waals surface area contributed by atoms with Gasteiger partial charge < -0.3 is 20.9 Å². The van der Waals surface area contributed by atoms with Crippen LogP contribution in [0.3, 0.4) is 0 Å². The average Bonchev–Trinajstić information content (AvgIpc) is 2.87. The summed E-state index contributed by atoms with van der Waals surface area (Å²) in [6, 6.07) is 9.75. The number of rotatable bonds is 6. The first-order chi connectivity index (χ1) is 12.8. The Morgan fingerprint density at radius 2 is 1.89 bits per heavy atom. The van der Waals surface area contributed by atoms with Gasteiger partial charge >= 0.3 is 6.03 Å². The highest BCUT2D eigenvalue weighted by molar-refractivity contribution is 6.10. The number of nitrogens with two attached hydrogens (primary N) is 1. The summed E-state index contributed by atoms with van der Waals surface area (Å²) >= 11 is 0. The second-order valence-corrected chi connectivity index (χ2v) is 6.17. The minimum absolute atomic E-state index is 0.0000111. The lowest BCUT2D eigenvalue weighted by atomic mass is 10.1. The van der Waals surface area contributed by atoms with Crippen LogP contribution in [0.1, 0.15) is 30.3 Å². The Labute approximate surface area is 158 Å². The van der Waals surface area contributed by atoms with Gasteiger partial charge in [0.25, 0.3) is 5.91 Å². The molecule has 3 amide bonds. The third kappa shape index (κ3) is 4.98. The van der Waals surface area contributed by atoms with Crippen molar-refractivity contribution in [2.24, 2.45) is 5.73 Å². The van der Waals surface area contributed by atoms with Crippen LogP contribution in [0.5, 0.6) is 0 Å². The number of nitriles is 1. The van der Waals surface area contributed by atoms with Crippen molar-refractivity contribution in [1.29, 1.82) is 5.26 Å². The molecule has 2 rings (SSSR count). The summed E-state index contributed by atoms with van der Waals surface area (Å²) in [6.45, 7) is 6.96. The molecule has 1 aromatic carbocycles. The molecule has 1 aromatic heterocycles. The van der Waals surface area contributed by atoms with Gasteiger partial charge in [-0.3, -0.25) is 4.79 Å². The van der Waals surface area contributed by atoms with E-state index in [4.69, 9.17) is 5.73 Å². The van der Waals surface area contributed by atoms with Crippen molar-refractivity contribution >= 4 is 29.4 Å². The van der Waals surface area contributed by atoms with Crippen LogP contribution in [0.15, 0.2) is 35.9 Å². The fourth-order valence-electron chi connectivity index (χ4n) is 2.86. The number of nitrogens with one attached hydrogen (secondary N) is 2. The number of anilines is 2. The molecule has 140 valence electrons. The maximum absolute atomic E-state index is 12.5. The van der Waals surface area contributed by atoms with Crippen LogP contribution in [0, 0.1) is 25.2 Å². The molecule has 0 aliphatic carbocycles. The van der Waals surface area contributed by atoms with E-state index in [2.05, 4.69) is 22.1 Å².